The fourth-order valence-corrected chi connectivity index (χ4v) is 3.26. The molecule has 4 N–H and O–H groups in total. The molecule has 0 aliphatic heterocycles. The molecule has 19 heavy (non-hydrogen) atoms. The summed E-state index contributed by atoms with van der Waals surface area (Å²) in [6.07, 6.45) is -0.0583. The van der Waals surface area contributed by atoms with Crippen LogP contribution in [0.1, 0.15) is 6.42 Å². The van der Waals surface area contributed by atoms with Crippen LogP contribution in [0.2, 0.25) is 0 Å². The Morgan fingerprint density at radius 3 is 1.26 bits per heavy atom. The Bertz CT molecular complexity index is 485. The van der Waals surface area contributed by atoms with Gasteiger partial charge in [0.1, 0.15) is 0 Å². The number of hydrogen-bond donors (Lipinski definition) is 4. The van der Waals surface area contributed by atoms with Crippen molar-refractivity contribution in [1.29, 1.82) is 0 Å². The third-order valence-corrected chi connectivity index (χ3v) is 3.82. The molecule has 8 nitrogen and oxygen atoms in total. The minimum atomic E-state index is -1.50. The van der Waals surface area contributed by atoms with Gasteiger partial charge in [-0.15, -0.1) is 0 Å². The number of carbonyl (C=O) groups is 4. The lowest BCUT2D eigenvalue weighted by Crippen LogP contribution is -2.38. The van der Waals surface area contributed by atoms with Crippen molar-refractivity contribution in [3.05, 3.63) is 11.1 Å². The zero-order valence-electron chi connectivity index (χ0n) is 9.44. The summed E-state index contributed by atoms with van der Waals surface area (Å²) in [5.41, 5.74) is -0.940. The van der Waals surface area contributed by atoms with Crippen molar-refractivity contribution in [3.8, 4) is 0 Å². The second kappa shape index (κ2) is 4.08. The second-order valence-corrected chi connectivity index (χ2v) is 4.61. The van der Waals surface area contributed by atoms with E-state index in [0.717, 1.165) is 0 Å². The van der Waals surface area contributed by atoms with E-state index in [1.165, 1.54) is 0 Å². The molecule has 4 atom stereocenters. The van der Waals surface area contributed by atoms with Crippen LogP contribution in [-0.2, 0) is 19.2 Å². The standard InChI is InChI=1S/C11H10O8/c12-8(13)4-2-1-3(6(4)10(16)17)7(11(18)19)5(2)9(14)15/h2-4,6H,1H2,(H,12,13)(H,14,15)(H,16,17)(H,18,19). The van der Waals surface area contributed by atoms with Gasteiger partial charge in [-0.3, -0.25) is 9.59 Å². The molecule has 0 amide bonds. The molecule has 1 fully saturated rings. The number of rotatable bonds is 4. The fourth-order valence-electron chi connectivity index (χ4n) is 3.26. The van der Waals surface area contributed by atoms with Gasteiger partial charge in [-0.1, -0.05) is 0 Å². The molecule has 2 bridgehead atoms. The molecule has 2 rings (SSSR count). The summed E-state index contributed by atoms with van der Waals surface area (Å²) in [6.45, 7) is 0. The van der Waals surface area contributed by atoms with Crippen LogP contribution >= 0.6 is 0 Å². The highest BCUT2D eigenvalue weighted by molar-refractivity contribution is 6.03. The first-order valence-electron chi connectivity index (χ1n) is 5.43. The van der Waals surface area contributed by atoms with Gasteiger partial charge in [-0.25, -0.2) is 9.59 Å². The molecule has 0 radical (unpaired) electrons. The molecule has 8 heteroatoms. The highest BCUT2D eigenvalue weighted by Gasteiger charge is 2.61. The third kappa shape index (κ3) is 1.67. The average Bonchev–Trinajstić information content (AvgIpc) is 2.81. The largest absolute Gasteiger partial charge is 0.481 e. The number of fused-ring (bicyclic) bond motifs is 2. The number of carboxylic acids is 4. The molecular weight excluding hydrogens is 260 g/mol. The summed E-state index contributed by atoms with van der Waals surface area (Å²) in [5, 5.41) is 36.1. The maximum Gasteiger partial charge on any atom is 0.332 e. The Labute approximate surface area is 106 Å². The van der Waals surface area contributed by atoms with E-state index < -0.39 is 58.7 Å². The van der Waals surface area contributed by atoms with Gasteiger partial charge in [0.2, 0.25) is 0 Å². The van der Waals surface area contributed by atoms with Crippen LogP contribution in [0.4, 0.5) is 0 Å². The van der Waals surface area contributed by atoms with E-state index in [9.17, 15) is 19.2 Å². The van der Waals surface area contributed by atoms with E-state index in [0.29, 0.717) is 0 Å². The number of carboxylic acid groups (broad SMARTS) is 4. The molecule has 102 valence electrons. The zero-order chi connectivity index (χ0) is 14.5. The molecule has 2 aliphatic rings. The van der Waals surface area contributed by atoms with Crippen LogP contribution in [0.15, 0.2) is 11.1 Å². The first kappa shape index (κ1) is 13.1. The molecule has 1 saturated carbocycles. The molecule has 0 aromatic heterocycles. The van der Waals surface area contributed by atoms with Crippen LogP contribution in [0.3, 0.4) is 0 Å². The fraction of sp³-hybridized carbons (Fsp3) is 0.455. The molecule has 0 saturated heterocycles. The van der Waals surface area contributed by atoms with Crippen LogP contribution < -0.4 is 0 Å². The summed E-state index contributed by atoms with van der Waals surface area (Å²) in [6, 6.07) is 0. The Balaban J connectivity index is 2.59. The maximum absolute atomic E-state index is 11.1. The molecule has 0 spiro atoms. The molecule has 0 heterocycles. The topological polar surface area (TPSA) is 149 Å². The summed E-state index contributed by atoms with van der Waals surface area (Å²) >= 11 is 0. The highest BCUT2D eigenvalue weighted by Crippen LogP contribution is 2.55. The molecule has 0 aromatic carbocycles. The van der Waals surface area contributed by atoms with E-state index in [1.54, 1.807) is 0 Å². The van der Waals surface area contributed by atoms with Gasteiger partial charge >= 0.3 is 23.9 Å². The zero-order valence-corrected chi connectivity index (χ0v) is 9.44. The van der Waals surface area contributed by atoms with Crippen molar-refractivity contribution in [2.75, 3.05) is 0 Å². The van der Waals surface area contributed by atoms with Gasteiger partial charge in [0.25, 0.3) is 0 Å². The average molecular weight is 270 g/mol. The molecule has 4 unspecified atom stereocenters. The normalized spacial score (nSPS) is 32.4. The SMILES string of the molecule is O=C(O)C1=C(C(=O)O)C2CC1C(C(=O)O)C2C(=O)O. The van der Waals surface area contributed by atoms with Crippen LogP contribution in [0.5, 0.6) is 0 Å². The predicted octanol–water partition coefficient (Wildman–Crippen LogP) is -0.496. The smallest absolute Gasteiger partial charge is 0.332 e. The van der Waals surface area contributed by atoms with E-state index in [-0.39, 0.29) is 6.42 Å². The maximum atomic E-state index is 11.1. The monoisotopic (exact) mass is 270 g/mol. The first-order valence-corrected chi connectivity index (χ1v) is 5.43. The highest BCUT2D eigenvalue weighted by atomic mass is 16.4. The van der Waals surface area contributed by atoms with Gasteiger partial charge in [0.15, 0.2) is 0 Å². The molecular formula is C11H10O8. The third-order valence-electron chi connectivity index (χ3n) is 3.82. The van der Waals surface area contributed by atoms with Crippen LogP contribution in [-0.4, -0.2) is 44.3 Å². The predicted molar refractivity (Wildman–Crippen MR) is 56.1 cm³/mol. The Hall–Kier alpha value is -2.38. The van der Waals surface area contributed by atoms with E-state index in [1.807, 2.05) is 0 Å². The van der Waals surface area contributed by atoms with Crippen molar-refractivity contribution in [3.63, 3.8) is 0 Å². The van der Waals surface area contributed by atoms with Crippen molar-refractivity contribution in [2.24, 2.45) is 23.7 Å². The second-order valence-electron chi connectivity index (χ2n) is 4.61. The van der Waals surface area contributed by atoms with Crippen molar-refractivity contribution in [2.45, 2.75) is 6.42 Å². The van der Waals surface area contributed by atoms with Gasteiger partial charge in [0.05, 0.1) is 23.0 Å². The Morgan fingerprint density at radius 1 is 0.737 bits per heavy atom. The quantitative estimate of drug-likeness (QED) is 0.534. The Morgan fingerprint density at radius 2 is 1.05 bits per heavy atom. The number of hydrogen-bond acceptors (Lipinski definition) is 4. The molecule has 2 aliphatic carbocycles. The molecule has 0 aromatic rings. The number of aliphatic carboxylic acids is 4. The lowest BCUT2D eigenvalue weighted by molar-refractivity contribution is -0.155. The van der Waals surface area contributed by atoms with E-state index in [2.05, 4.69) is 0 Å². The van der Waals surface area contributed by atoms with Gasteiger partial charge in [-0.05, 0) is 6.42 Å². The first-order chi connectivity index (χ1) is 8.77. The van der Waals surface area contributed by atoms with Gasteiger partial charge in [-0.2, -0.15) is 0 Å². The van der Waals surface area contributed by atoms with Crippen LogP contribution in [0.25, 0.3) is 0 Å². The summed E-state index contributed by atoms with van der Waals surface area (Å²) in [7, 11) is 0. The lowest BCUT2D eigenvalue weighted by atomic mass is 9.75. The van der Waals surface area contributed by atoms with Crippen molar-refractivity contribution < 1.29 is 39.6 Å². The lowest BCUT2D eigenvalue weighted by Gasteiger charge is -2.26. The minimum absolute atomic E-state index is 0.0583. The van der Waals surface area contributed by atoms with Crippen LogP contribution in [0, 0.1) is 23.7 Å². The summed E-state index contributed by atoms with van der Waals surface area (Å²) in [4.78, 5) is 44.4. The van der Waals surface area contributed by atoms with E-state index >= 15 is 0 Å². The van der Waals surface area contributed by atoms with Gasteiger partial charge in [0, 0.05) is 11.8 Å². The van der Waals surface area contributed by atoms with Gasteiger partial charge < -0.3 is 20.4 Å². The van der Waals surface area contributed by atoms with Crippen molar-refractivity contribution >= 4 is 23.9 Å². The summed E-state index contributed by atoms with van der Waals surface area (Å²) in [5.74, 6) is -10.7. The Kier molecular flexibility index (Phi) is 2.80. The van der Waals surface area contributed by atoms with Crippen molar-refractivity contribution in [1.82, 2.24) is 0 Å². The minimum Gasteiger partial charge on any atom is -0.481 e. The summed E-state index contributed by atoms with van der Waals surface area (Å²) < 4.78 is 0. The van der Waals surface area contributed by atoms with E-state index in [4.69, 9.17) is 20.4 Å².